The summed E-state index contributed by atoms with van der Waals surface area (Å²) < 4.78 is 0. The SMILES string of the molecule is Cc1nc(C)c(C)nc1C.O=Cc1ccccc1. The van der Waals surface area contributed by atoms with Crippen molar-refractivity contribution in [3.63, 3.8) is 0 Å². The fraction of sp³-hybridized carbons (Fsp3) is 0.267. The van der Waals surface area contributed by atoms with Crippen molar-refractivity contribution in [2.24, 2.45) is 0 Å². The van der Waals surface area contributed by atoms with Gasteiger partial charge < -0.3 is 0 Å². The van der Waals surface area contributed by atoms with Gasteiger partial charge in [0, 0.05) is 5.56 Å². The molecule has 0 saturated heterocycles. The highest BCUT2D eigenvalue weighted by Gasteiger charge is 1.98. The summed E-state index contributed by atoms with van der Waals surface area (Å²) >= 11 is 0. The van der Waals surface area contributed by atoms with E-state index in [2.05, 4.69) is 9.97 Å². The Morgan fingerprint density at radius 1 is 0.778 bits per heavy atom. The second-order valence-corrected chi connectivity index (χ2v) is 4.09. The van der Waals surface area contributed by atoms with Crippen LogP contribution in [0.15, 0.2) is 30.3 Å². The molecule has 0 N–H and O–H groups in total. The van der Waals surface area contributed by atoms with Crippen LogP contribution in [-0.2, 0) is 0 Å². The number of benzene rings is 1. The fourth-order valence-corrected chi connectivity index (χ4v) is 1.36. The molecule has 2 aromatic rings. The molecule has 1 aromatic heterocycles. The Morgan fingerprint density at radius 3 is 1.44 bits per heavy atom. The van der Waals surface area contributed by atoms with Gasteiger partial charge in [0.05, 0.1) is 22.8 Å². The molecule has 2 rings (SSSR count). The molecule has 0 amide bonds. The highest BCUT2D eigenvalue weighted by atomic mass is 16.1. The van der Waals surface area contributed by atoms with Gasteiger partial charge in [0.25, 0.3) is 0 Å². The molecule has 18 heavy (non-hydrogen) atoms. The molecule has 0 aliphatic carbocycles. The van der Waals surface area contributed by atoms with Crippen molar-refractivity contribution in [2.45, 2.75) is 27.7 Å². The van der Waals surface area contributed by atoms with Crippen molar-refractivity contribution < 1.29 is 4.79 Å². The Bertz CT molecular complexity index is 471. The number of carbonyl (C=O) groups is 1. The lowest BCUT2D eigenvalue weighted by Gasteiger charge is -2.01. The highest BCUT2D eigenvalue weighted by Crippen LogP contribution is 2.04. The van der Waals surface area contributed by atoms with Gasteiger partial charge >= 0.3 is 0 Å². The molecular weight excluding hydrogens is 224 g/mol. The largest absolute Gasteiger partial charge is 0.298 e. The van der Waals surface area contributed by atoms with Crippen LogP contribution in [0.5, 0.6) is 0 Å². The van der Waals surface area contributed by atoms with E-state index in [4.69, 9.17) is 0 Å². The third kappa shape index (κ3) is 4.09. The zero-order valence-electron chi connectivity index (χ0n) is 11.3. The summed E-state index contributed by atoms with van der Waals surface area (Å²) in [7, 11) is 0. The average Bonchev–Trinajstić information content (AvgIpc) is 2.38. The van der Waals surface area contributed by atoms with Gasteiger partial charge in [-0.15, -0.1) is 0 Å². The molecule has 3 nitrogen and oxygen atoms in total. The standard InChI is InChI=1S/C8H12N2.C7H6O/c1-5-6(2)10-8(4)7(3)9-5;8-6-7-4-2-1-3-5-7/h1-4H3;1-6H. The molecule has 94 valence electrons. The van der Waals surface area contributed by atoms with Crippen LogP contribution in [0, 0.1) is 27.7 Å². The molecule has 0 saturated carbocycles. The molecule has 0 bridgehead atoms. The summed E-state index contributed by atoms with van der Waals surface area (Å²) in [5.41, 5.74) is 4.85. The summed E-state index contributed by atoms with van der Waals surface area (Å²) in [6.45, 7) is 7.92. The van der Waals surface area contributed by atoms with Crippen LogP contribution in [0.3, 0.4) is 0 Å². The number of nitrogens with zero attached hydrogens (tertiary/aromatic N) is 2. The number of aryl methyl sites for hydroxylation is 4. The van der Waals surface area contributed by atoms with Crippen molar-refractivity contribution in [1.29, 1.82) is 0 Å². The molecular formula is C15H18N2O. The van der Waals surface area contributed by atoms with Gasteiger partial charge in [-0.1, -0.05) is 30.3 Å². The zero-order valence-corrected chi connectivity index (χ0v) is 11.3. The first-order chi connectivity index (χ1) is 8.54. The van der Waals surface area contributed by atoms with Gasteiger partial charge in [-0.25, -0.2) is 0 Å². The van der Waals surface area contributed by atoms with Gasteiger partial charge in [0.1, 0.15) is 6.29 Å². The Balaban J connectivity index is 0.000000184. The van der Waals surface area contributed by atoms with Crippen molar-refractivity contribution in [3.8, 4) is 0 Å². The minimum atomic E-state index is 0.729. The van der Waals surface area contributed by atoms with Crippen LogP contribution >= 0.6 is 0 Å². The summed E-state index contributed by atoms with van der Waals surface area (Å²) in [6, 6.07) is 9.10. The third-order valence-electron chi connectivity index (χ3n) is 2.65. The smallest absolute Gasteiger partial charge is 0.150 e. The van der Waals surface area contributed by atoms with E-state index < -0.39 is 0 Å². The Hall–Kier alpha value is -2.03. The van der Waals surface area contributed by atoms with Crippen LogP contribution in [0.25, 0.3) is 0 Å². The Morgan fingerprint density at radius 2 is 1.17 bits per heavy atom. The van der Waals surface area contributed by atoms with E-state index in [1.807, 2.05) is 45.9 Å². The monoisotopic (exact) mass is 242 g/mol. The first-order valence-corrected chi connectivity index (χ1v) is 5.83. The van der Waals surface area contributed by atoms with E-state index in [0.717, 1.165) is 34.6 Å². The summed E-state index contributed by atoms with van der Waals surface area (Å²) in [5.74, 6) is 0. The predicted octanol–water partition coefficient (Wildman–Crippen LogP) is 3.21. The molecule has 3 heteroatoms. The molecule has 0 spiro atoms. The van der Waals surface area contributed by atoms with E-state index in [1.165, 1.54) is 0 Å². The number of aromatic nitrogens is 2. The topological polar surface area (TPSA) is 42.9 Å². The first kappa shape index (κ1) is 14.0. The van der Waals surface area contributed by atoms with E-state index in [-0.39, 0.29) is 0 Å². The molecule has 1 aromatic carbocycles. The predicted molar refractivity (Wildman–Crippen MR) is 72.8 cm³/mol. The minimum absolute atomic E-state index is 0.729. The second kappa shape index (κ2) is 6.64. The van der Waals surface area contributed by atoms with Crippen molar-refractivity contribution >= 4 is 6.29 Å². The molecule has 0 radical (unpaired) electrons. The first-order valence-electron chi connectivity index (χ1n) is 5.83. The number of hydrogen-bond acceptors (Lipinski definition) is 3. The number of rotatable bonds is 1. The second-order valence-electron chi connectivity index (χ2n) is 4.09. The van der Waals surface area contributed by atoms with Gasteiger partial charge in [-0.2, -0.15) is 0 Å². The maximum atomic E-state index is 10.0. The van der Waals surface area contributed by atoms with Crippen LogP contribution < -0.4 is 0 Å². The number of aldehydes is 1. The van der Waals surface area contributed by atoms with Gasteiger partial charge in [-0.05, 0) is 27.7 Å². The summed E-state index contributed by atoms with van der Waals surface area (Å²) in [4.78, 5) is 18.6. The molecule has 0 fully saturated rings. The van der Waals surface area contributed by atoms with E-state index in [1.54, 1.807) is 12.1 Å². The van der Waals surface area contributed by atoms with E-state index >= 15 is 0 Å². The maximum absolute atomic E-state index is 10.0. The zero-order chi connectivity index (χ0) is 13.5. The van der Waals surface area contributed by atoms with Crippen LogP contribution in [-0.4, -0.2) is 16.3 Å². The minimum Gasteiger partial charge on any atom is -0.298 e. The Labute approximate surface area is 108 Å². The quantitative estimate of drug-likeness (QED) is 0.721. The summed E-state index contributed by atoms with van der Waals surface area (Å²) in [6.07, 6.45) is 0.833. The molecule has 0 aliphatic rings. The highest BCUT2D eigenvalue weighted by molar-refractivity contribution is 5.74. The van der Waals surface area contributed by atoms with Crippen LogP contribution in [0.1, 0.15) is 33.1 Å². The fourth-order valence-electron chi connectivity index (χ4n) is 1.36. The summed E-state index contributed by atoms with van der Waals surface area (Å²) in [5, 5.41) is 0. The van der Waals surface area contributed by atoms with Gasteiger partial charge in [-0.3, -0.25) is 14.8 Å². The van der Waals surface area contributed by atoms with Crippen molar-refractivity contribution in [3.05, 3.63) is 58.7 Å². The lowest BCUT2D eigenvalue weighted by molar-refractivity contribution is 0.112. The van der Waals surface area contributed by atoms with E-state index in [9.17, 15) is 4.79 Å². The lowest BCUT2D eigenvalue weighted by Crippen LogP contribution is -1.97. The Kier molecular flexibility index (Phi) is 5.18. The molecule has 0 unspecified atom stereocenters. The van der Waals surface area contributed by atoms with E-state index in [0.29, 0.717) is 0 Å². The number of hydrogen-bond donors (Lipinski definition) is 0. The lowest BCUT2D eigenvalue weighted by atomic mass is 10.2. The van der Waals surface area contributed by atoms with Crippen LogP contribution in [0.2, 0.25) is 0 Å². The third-order valence-corrected chi connectivity index (χ3v) is 2.65. The van der Waals surface area contributed by atoms with Gasteiger partial charge in [0.2, 0.25) is 0 Å². The van der Waals surface area contributed by atoms with Crippen molar-refractivity contribution in [1.82, 2.24) is 9.97 Å². The molecule has 1 heterocycles. The number of carbonyl (C=O) groups excluding carboxylic acids is 1. The van der Waals surface area contributed by atoms with Gasteiger partial charge in [0.15, 0.2) is 0 Å². The van der Waals surface area contributed by atoms with Crippen molar-refractivity contribution in [2.75, 3.05) is 0 Å². The maximum Gasteiger partial charge on any atom is 0.150 e. The normalized spacial score (nSPS) is 9.33. The molecule has 0 aliphatic heterocycles. The average molecular weight is 242 g/mol. The van der Waals surface area contributed by atoms with Crippen LogP contribution in [0.4, 0.5) is 0 Å². The molecule has 0 atom stereocenters.